The van der Waals surface area contributed by atoms with Crippen LogP contribution >= 0.6 is 0 Å². The number of oxime groups is 1. The van der Waals surface area contributed by atoms with E-state index in [1.165, 1.54) is 6.20 Å². The van der Waals surface area contributed by atoms with Gasteiger partial charge in [-0.2, -0.15) is 0 Å². The third kappa shape index (κ3) is 2.74. The van der Waals surface area contributed by atoms with Crippen LogP contribution in [0.4, 0.5) is 0 Å². The van der Waals surface area contributed by atoms with Crippen molar-refractivity contribution in [2.75, 3.05) is 6.61 Å². The molecule has 2 aliphatic rings. The Balaban J connectivity index is 2.26. The lowest BCUT2D eigenvalue weighted by atomic mass is 9.91. The summed E-state index contributed by atoms with van der Waals surface area (Å²) in [6, 6.07) is -0.401. The number of carbonyl (C=O) groups excluding carboxylic acids is 1. The van der Waals surface area contributed by atoms with Crippen molar-refractivity contribution in [1.82, 2.24) is 0 Å². The van der Waals surface area contributed by atoms with Gasteiger partial charge in [-0.15, -0.1) is 0 Å². The van der Waals surface area contributed by atoms with Crippen LogP contribution in [0.2, 0.25) is 0 Å². The van der Waals surface area contributed by atoms with E-state index in [0.29, 0.717) is 0 Å². The molecule has 1 aliphatic heterocycles. The van der Waals surface area contributed by atoms with E-state index in [1.54, 1.807) is 25.2 Å². The molecule has 1 atom stereocenters. The first kappa shape index (κ1) is 13.9. The molecule has 1 aliphatic carbocycles. The molecule has 0 aromatic carbocycles. The van der Waals surface area contributed by atoms with Gasteiger partial charge in [0.25, 0.3) is 6.04 Å². The van der Waals surface area contributed by atoms with E-state index in [-0.39, 0.29) is 18.7 Å². The zero-order valence-electron chi connectivity index (χ0n) is 11.0. The van der Waals surface area contributed by atoms with Gasteiger partial charge in [-0.1, -0.05) is 23.4 Å². The molecule has 1 N–H and O–H groups in total. The monoisotopic (exact) mass is 275 g/mol. The third-order valence-electron chi connectivity index (χ3n) is 3.06. The average Bonchev–Trinajstić information content (AvgIpc) is 2.47. The molecule has 0 bridgehead atoms. The van der Waals surface area contributed by atoms with Crippen LogP contribution in [0, 0.1) is 4.91 Å². The lowest BCUT2D eigenvalue weighted by molar-refractivity contribution is -0.499. The van der Waals surface area contributed by atoms with Crippen LogP contribution in [0.15, 0.2) is 52.9 Å². The van der Waals surface area contributed by atoms with Crippen LogP contribution in [0.3, 0.4) is 0 Å². The van der Waals surface area contributed by atoms with Gasteiger partial charge in [0, 0.05) is 27.7 Å². The summed E-state index contributed by atoms with van der Waals surface area (Å²) >= 11 is 0. The molecule has 1 unspecified atom stereocenters. The van der Waals surface area contributed by atoms with Crippen molar-refractivity contribution in [2.45, 2.75) is 19.4 Å². The zero-order valence-corrected chi connectivity index (χ0v) is 11.0. The Morgan fingerprint density at radius 3 is 2.95 bits per heavy atom. The molecule has 0 fully saturated rings. The minimum absolute atomic E-state index is 0.0833. The number of ether oxygens (including phenoxy) is 1. The third-order valence-corrected chi connectivity index (χ3v) is 3.06. The molecule has 20 heavy (non-hydrogen) atoms. The summed E-state index contributed by atoms with van der Waals surface area (Å²) in [4.78, 5) is 23.3. The van der Waals surface area contributed by atoms with Gasteiger partial charge in [-0.25, -0.2) is 4.79 Å². The second-order valence-corrected chi connectivity index (χ2v) is 4.29. The highest BCUT2D eigenvalue weighted by atomic mass is 16.5. The number of allylic oxidation sites excluding steroid dienone is 4. The Bertz CT molecular complexity index is 582. The Labute approximate surface area is 116 Å². The van der Waals surface area contributed by atoms with Crippen molar-refractivity contribution < 1.29 is 19.5 Å². The van der Waals surface area contributed by atoms with Crippen molar-refractivity contribution in [3.8, 4) is 0 Å². The summed E-state index contributed by atoms with van der Waals surface area (Å²) in [5.41, 5.74) is 1.46. The summed E-state index contributed by atoms with van der Waals surface area (Å²) in [7, 11) is 0. The van der Waals surface area contributed by atoms with E-state index >= 15 is 0 Å². The summed E-state index contributed by atoms with van der Waals surface area (Å²) < 4.78 is 5.65. The van der Waals surface area contributed by atoms with Crippen LogP contribution in [0.25, 0.3) is 0 Å². The normalized spacial score (nSPS) is 21.1. The highest BCUT2D eigenvalue weighted by Gasteiger charge is 2.32. The lowest BCUT2D eigenvalue weighted by Crippen LogP contribution is -2.26. The second kappa shape index (κ2) is 6.10. The molecule has 6 heteroatoms. The van der Waals surface area contributed by atoms with E-state index in [2.05, 4.69) is 5.16 Å². The molecule has 1 heterocycles. The molecule has 0 spiro atoms. The minimum atomic E-state index is -0.659. The maximum absolute atomic E-state index is 11.7. The van der Waals surface area contributed by atoms with E-state index < -0.39 is 12.0 Å². The number of fused-ring (bicyclic) bond motifs is 1. The van der Waals surface area contributed by atoms with E-state index in [0.717, 1.165) is 15.9 Å². The molecule has 0 amide bonds. The van der Waals surface area contributed by atoms with Crippen molar-refractivity contribution >= 4 is 11.7 Å². The fourth-order valence-electron chi connectivity index (χ4n) is 2.11. The highest BCUT2D eigenvalue weighted by Crippen LogP contribution is 2.26. The van der Waals surface area contributed by atoms with Gasteiger partial charge in [0.15, 0.2) is 5.71 Å². The van der Waals surface area contributed by atoms with Crippen molar-refractivity contribution in [3.05, 3.63) is 52.6 Å². The molecule has 6 nitrogen and oxygen atoms in total. The summed E-state index contributed by atoms with van der Waals surface area (Å²) in [6.45, 7) is 1.88. The van der Waals surface area contributed by atoms with Gasteiger partial charge in [0.05, 0.1) is 6.61 Å². The largest absolute Gasteiger partial charge is 0.461 e. The zero-order chi connectivity index (χ0) is 14.5. The molecule has 0 radical (unpaired) electrons. The number of rotatable bonds is 4. The van der Waals surface area contributed by atoms with Crippen LogP contribution < -0.4 is 0 Å². The number of nitroso groups, excluding NO2 is 1. The molecule has 2 rings (SSSR count). The molecule has 0 aromatic heterocycles. The second-order valence-electron chi connectivity index (χ2n) is 4.29. The number of hydrogen-bond acceptors (Lipinski definition) is 5. The molecule has 0 saturated heterocycles. The quantitative estimate of drug-likeness (QED) is 0.279. The number of esters is 1. The Hall–Kier alpha value is -2.50. The summed E-state index contributed by atoms with van der Waals surface area (Å²) in [6.07, 6.45) is 10.3. The molecule has 104 valence electrons. The highest BCUT2D eigenvalue weighted by molar-refractivity contribution is 6.36. The van der Waals surface area contributed by atoms with E-state index in [1.807, 2.05) is 12.2 Å². The SMILES string of the molecule is CCOC(=O)/C(CC1=C2C=CC=CC2[N+](=O)C=C1)=N\O. The first-order valence-electron chi connectivity index (χ1n) is 6.27. The Morgan fingerprint density at radius 1 is 1.45 bits per heavy atom. The maximum Gasteiger partial charge on any atom is 0.356 e. The molecule has 0 aromatic rings. The first-order chi connectivity index (χ1) is 9.67. The van der Waals surface area contributed by atoms with Gasteiger partial charge in [0.1, 0.15) is 0 Å². The Kier molecular flexibility index (Phi) is 4.24. The fourth-order valence-corrected chi connectivity index (χ4v) is 2.11. The van der Waals surface area contributed by atoms with Gasteiger partial charge in [-0.05, 0) is 18.6 Å². The van der Waals surface area contributed by atoms with Crippen LogP contribution in [0.5, 0.6) is 0 Å². The number of hydrogen-bond donors (Lipinski definition) is 1. The Morgan fingerprint density at radius 2 is 2.25 bits per heavy atom. The van der Waals surface area contributed by atoms with Crippen molar-refractivity contribution in [2.24, 2.45) is 5.16 Å². The van der Waals surface area contributed by atoms with E-state index in [9.17, 15) is 9.70 Å². The van der Waals surface area contributed by atoms with Crippen LogP contribution in [-0.4, -0.2) is 34.3 Å². The van der Waals surface area contributed by atoms with Crippen LogP contribution in [0.1, 0.15) is 13.3 Å². The smallest absolute Gasteiger partial charge is 0.356 e. The van der Waals surface area contributed by atoms with Crippen molar-refractivity contribution in [1.29, 1.82) is 0 Å². The van der Waals surface area contributed by atoms with Gasteiger partial charge >= 0.3 is 5.97 Å². The predicted molar refractivity (Wildman–Crippen MR) is 72.3 cm³/mol. The molecular weight excluding hydrogens is 260 g/mol. The fraction of sp³-hybridized carbons (Fsp3) is 0.286. The van der Waals surface area contributed by atoms with Gasteiger partial charge in [-0.3, -0.25) is 0 Å². The number of carbonyl (C=O) groups is 1. The number of nitrogens with zero attached hydrogens (tertiary/aromatic N) is 2. The van der Waals surface area contributed by atoms with E-state index in [4.69, 9.17) is 9.94 Å². The topological polar surface area (TPSA) is 79.0 Å². The van der Waals surface area contributed by atoms with Gasteiger partial charge < -0.3 is 9.94 Å². The average molecular weight is 275 g/mol. The first-order valence-corrected chi connectivity index (χ1v) is 6.27. The summed E-state index contributed by atoms with van der Waals surface area (Å²) in [5.74, 6) is -0.659. The molecule has 0 saturated carbocycles. The van der Waals surface area contributed by atoms with Crippen molar-refractivity contribution in [3.63, 3.8) is 0 Å². The van der Waals surface area contributed by atoms with Crippen LogP contribution in [-0.2, 0) is 9.53 Å². The minimum Gasteiger partial charge on any atom is -0.461 e. The predicted octanol–water partition coefficient (Wildman–Crippen LogP) is 1.87. The van der Waals surface area contributed by atoms with Gasteiger partial charge in [0.2, 0.25) is 6.20 Å². The maximum atomic E-state index is 11.7. The lowest BCUT2D eigenvalue weighted by Gasteiger charge is -2.16. The standard InChI is InChI=1S/C14H14N2O4/c1-2-20-14(17)12(15-18)9-10-7-8-16(19)13-6-4-3-5-11(10)13/h3-8,13H,2,9H2,1H3/p+1. The molecular formula is C14H15N2O4+. The summed E-state index contributed by atoms with van der Waals surface area (Å²) in [5, 5.41) is 11.9.